The summed E-state index contributed by atoms with van der Waals surface area (Å²) in [6.07, 6.45) is 0. The Morgan fingerprint density at radius 3 is 2.75 bits per heavy atom. The molecule has 1 aromatic heterocycles. The van der Waals surface area contributed by atoms with E-state index < -0.39 is 0 Å². The lowest BCUT2D eigenvalue weighted by Gasteiger charge is -2.07. The second kappa shape index (κ2) is 5.78. The number of nitrogens with two attached hydrogens (primary N) is 2. The smallest absolute Gasteiger partial charge is 0.228 e. The highest BCUT2D eigenvalue weighted by atomic mass is 19.1. The van der Waals surface area contributed by atoms with Gasteiger partial charge in [0.25, 0.3) is 0 Å². The van der Waals surface area contributed by atoms with Crippen LogP contribution < -0.4 is 16.8 Å². The first-order chi connectivity index (χ1) is 9.60. The van der Waals surface area contributed by atoms with Crippen molar-refractivity contribution in [2.45, 2.75) is 6.54 Å². The number of anilines is 2. The zero-order valence-corrected chi connectivity index (χ0v) is 10.3. The SMILES string of the molecule is NC(=NO)c1nc(N)nc(NCc2ccccc2F)n1. The van der Waals surface area contributed by atoms with Crippen molar-refractivity contribution in [3.63, 3.8) is 0 Å². The van der Waals surface area contributed by atoms with Crippen molar-refractivity contribution in [3.05, 3.63) is 41.5 Å². The van der Waals surface area contributed by atoms with E-state index in [9.17, 15) is 4.39 Å². The first-order valence-electron chi connectivity index (χ1n) is 5.57. The van der Waals surface area contributed by atoms with Gasteiger partial charge in [0, 0.05) is 12.1 Å². The van der Waals surface area contributed by atoms with Gasteiger partial charge >= 0.3 is 0 Å². The van der Waals surface area contributed by atoms with Crippen LogP contribution >= 0.6 is 0 Å². The van der Waals surface area contributed by atoms with E-state index in [4.69, 9.17) is 16.7 Å². The Morgan fingerprint density at radius 1 is 1.30 bits per heavy atom. The predicted molar refractivity (Wildman–Crippen MR) is 70.5 cm³/mol. The van der Waals surface area contributed by atoms with E-state index in [1.165, 1.54) is 6.07 Å². The van der Waals surface area contributed by atoms with E-state index in [0.717, 1.165) is 0 Å². The van der Waals surface area contributed by atoms with Crippen LogP contribution in [0.3, 0.4) is 0 Å². The number of hydrogen-bond acceptors (Lipinski definition) is 7. The van der Waals surface area contributed by atoms with Gasteiger partial charge in [0.05, 0.1) is 0 Å². The molecule has 0 fully saturated rings. The molecule has 0 amide bonds. The van der Waals surface area contributed by atoms with Crippen LogP contribution in [0.1, 0.15) is 11.4 Å². The molecule has 0 unspecified atom stereocenters. The molecule has 0 aliphatic heterocycles. The monoisotopic (exact) mass is 277 g/mol. The number of oxime groups is 1. The van der Waals surface area contributed by atoms with Crippen molar-refractivity contribution >= 4 is 17.7 Å². The van der Waals surface area contributed by atoms with Gasteiger partial charge in [-0.15, -0.1) is 0 Å². The molecular weight excluding hydrogens is 265 g/mol. The number of amidine groups is 1. The number of benzene rings is 1. The van der Waals surface area contributed by atoms with Gasteiger partial charge in [0.15, 0.2) is 0 Å². The van der Waals surface area contributed by atoms with Gasteiger partial charge in [-0.1, -0.05) is 23.4 Å². The Bertz CT molecular complexity index is 646. The maximum atomic E-state index is 13.4. The average molecular weight is 277 g/mol. The Morgan fingerprint density at radius 2 is 2.05 bits per heavy atom. The van der Waals surface area contributed by atoms with E-state index in [1.807, 2.05) is 0 Å². The summed E-state index contributed by atoms with van der Waals surface area (Å²) in [7, 11) is 0. The van der Waals surface area contributed by atoms with Crippen molar-refractivity contribution < 1.29 is 9.60 Å². The molecule has 20 heavy (non-hydrogen) atoms. The second-order valence-corrected chi connectivity index (χ2v) is 3.77. The largest absolute Gasteiger partial charge is 0.409 e. The fraction of sp³-hybridized carbons (Fsp3) is 0.0909. The Labute approximate surface area is 113 Å². The zero-order chi connectivity index (χ0) is 14.5. The molecule has 0 atom stereocenters. The number of hydrogen-bond donors (Lipinski definition) is 4. The summed E-state index contributed by atoms with van der Waals surface area (Å²) in [5.74, 6) is -0.720. The van der Waals surface area contributed by atoms with E-state index in [0.29, 0.717) is 5.56 Å². The lowest BCUT2D eigenvalue weighted by Crippen LogP contribution is -2.20. The number of halogens is 1. The van der Waals surface area contributed by atoms with Crippen LogP contribution in [0.4, 0.5) is 16.3 Å². The minimum absolute atomic E-state index is 0.0731. The minimum atomic E-state index is -0.348. The van der Waals surface area contributed by atoms with Crippen LogP contribution in [0, 0.1) is 5.82 Å². The molecule has 0 saturated heterocycles. The molecule has 1 aromatic carbocycles. The van der Waals surface area contributed by atoms with Crippen LogP contribution in [0.25, 0.3) is 0 Å². The molecule has 8 nitrogen and oxygen atoms in total. The first kappa shape index (κ1) is 13.5. The normalized spacial score (nSPS) is 11.3. The highest BCUT2D eigenvalue weighted by Crippen LogP contribution is 2.09. The fourth-order valence-electron chi connectivity index (χ4n) is 1.45. The van der Waals surface area contributed by atoms with Gasteiger partial charge in [-0.25, -0.2) is 4.39 Å². The van der Waals surface area contributed by atoms with Crippen molar-refractivity contribution in [3.8, 4) is 0 Å². The van der Waals surface area contributed by atoms with Crippen molar-refractivity contribution in [1.82, 2.24) is 15.0 Å². The highest BCUT2D eigenvalue weighted by Gasteiger charge is 2.09. The van der Waals surface area contributed by atoms with E-state index in [2.05, 4.69) is 25.4 Å². The molecule has 0 aliphatic carbocycles. The maximum absolute atomic E-state index is 13.4. The maximum Gasteiger partial charge on any atom is 0.228 e. The highest BCUT2D eigenvalue weighted by molar-refractivity contribution is 5.93. The number of aromatic nitrogens is 3. The van der Waals surface area contributed by atoms with E-state index in [1.54, 1.807) is 18.2 Å². The van der Waals surface area contributed by atoms with Gasteiger partial charge in [0.2, 0.25) is 23.6 Å². The molecule has 0 saturated carbocycles. The summed E-state index contributed by atoms with van der Waals surface area (Å²) in [6.45, 7) is 0.158. The fourth-order valence-corrected chi connectivity index (χ4v) is 1.45. The summed E-state index contributed by atoms with van der Waals surface area (Å²) in [5.41, 5.74) is 11.3. The number of nitrogens with zero attached hydrogens (tertiary/aromatic N) is 4. The summed E-state index contributed by atoms with van der Waals surface area (Å²) in [5, 5.41) is 14.1. The standard InChI is InChI=1S/C11H12FN7O/c12-7-4-2-1-3-6(7)5-15-11-17-9(8(13)19-20)16-10(14)18-11/h1-4,20H,5H2,(H2,13,19)(H3,14,15,16,17,18). The van der Waals surface area contributed by atoms with E-state index >= 15 is 0 Å². The van der Waals surface area contributed by atoms with Gasteiger partial charge in [-0.05, 0) is 6.07 Å². The number of rotatable bonds is 4. The molecule has 2 aromatic rings. The number of nitrogen functional groups attached to an aromatic ring is 1. The molecule has 0 radical (unpaired) electrons. The topological polar surface area (TPSA) is 135 Å². The average Bonchev–Trinajstić information content (AvgIpc) is 2.45. The van der Waals surface area contributed by atoms with Crippen LogP contribution in [0.15, 0.2) is 29.4 Å². The third kappa shape index (κ3) is 3.07. The van der Waals surface area contributed by atoms with Gasteiger partial charge in [-0.3, -0.25) is 0 Å². The van der Waals surface area contributed by atoms with E-state index in [-0.39, 0.29) is 35.9 Å². The van der Waals surface area contributed by atoms with Gasteiger partial charge in [-0.2, -0.15) is 15.0 Å². The molecule has 9 heteroatoms. The van der Waals surface area contributed by atoms with Crippen molar-refractivity contribution in [2.75, 3.05) is 11.1 Å². The molecule has 0 bridgehead atoms. The molecule has 6 N–H and O–H groups in total. The third-order valence-electron chi connectivity index (χ3n) is 2.38. The van der Waals surface area contributed by atoms with Crippen molar-refractivity contribution in [1.29, 1.82) is 0 Å². The summed E-state index contributed by atoms with van der Waals surface area (Å²) < 4.78 is 13.4. The minimum Gasteiger partial charge on any atom is -0.409 e. The van der Waals surface area contributed by atoms with Crippen LogP contribution in [0.5, 0.6) is 0 Å². The van der Waals surface area contributed by atoms with Crippen LogP contribution in [-0.2, 0) is 6.54 Å². The van der Waals surface area contributed by atoms with Gasteiger partial charge in [0.1, 0.15) is 5.82 Å². The zero-order valence-electron chi connectivity index (χ0n) is 10.3. The quantitative estimate of drug-likeness (QED) is 0.273. The molecular formula is C11H12FN7O. The molecule has 104 valence electrons. The Hall–Kier alpha value is -2.97. The lowest BCUT2D eigenvalue weighted by atomic mass is 10.2. The summed E-state index contributed by atoms with van der Waals surface area (Å²) >= 11 is 0. The van der Waals surface area contributed by atoms with Crippen LogP contribution in [-0.4, -0.2) is 26.0 Å². The van der Waals surface area contributed by atoms with Crippen LogP contribution in [0.2, 0.25) is 0 Å². The molecule has 2 rings (SSSR count). The molecule has 0 spiro atoms. The molecule has 0 aliphatic rings. The Balaban J connectivity index is 2.18. The summed E-state index contributed by atoms with van der Waals surface area (Å²) in [4.78, 5) is 11.4. The Kier molecular flexibility index (Phi) is 3.89. The second-order valence-electron chi connectivity index (χ2n) is 3.77. The lowest BCUT2D eigenvalue weighted by molar-refractivity contribution is 0.318. The number of nitrogens with one attached hydrogen (secondary N) is 1. The molecule has 1 heterocycles. The third-order valence-corrected chi connectivity index (χ3v) is 2.38. The predicted octanol–water partition coefficient (Wildman–Crippen LogP) is 0.299. The van der Waals surface area contributed by atoms with Gasteiger partial charge < -0.3 is 22.0 Å². The summed E-state index contributed by atoms with van der Waals surface area (Å²) in [6, 6.07) is 6.28. The first-order valence-corrected chi connectivity index (χ1v) is 5.57. The van der Waals surface area contributed by atoms with Crippen molar-refractivity contribution in [2.24, 2.45) is 10.9 Å².